The Hall–Kier alpha value is -3.30. The molecule has 9 heteroatoms. The Morgan fingerprint density at radius 1 is 1.22 bits per heavy atom. The highest BCUT2D eigenvalue weighted by atomic mass is 16.6. The maximum Gasteiger partial charge on any atom is 0.271 e. The molecule has 0 bridgehead atoms. The van der Waals surface area contributed by atoms with Crippen LogP contribution in [0.5, 0.6) is 0 Å². The number of aromatic nitrogens is 2. The van der Waals surface area contributed by atoms with Gasteiger partial charge in [0.2, 0.25) is 5.91 Å². The fourth-order valence-electron chi connectivity index (χ4n) is 3.90. The molecule has 1 amide bonds. The quantitative estimate of drug-likeness (QED) is 0.429. The number of non-ortho nitro benzene ring substituents is 1. The van der Waals surface area contributed by atoms with Crippen molar-refractivity contribution in [2.75, 3.05) is 32.8 Å². The first kappa shape index (κ1) is 21.9. The number of nitrogens with one attached hydrogen (secondary N) is 1. The van der Waals surface area contributed by atoms with E-state index in [9.17, 15) is 14.9 Å². The largest absolute Gasteiger partial charge is 0.379 e. The number of morpholine rings is 1. The monoisotopic (exact) mass is 437 g/mol. The molecule has 9 nitrogen and oxygen atoms in total. The molecule has 1 aromatic heterocycles. The summed E-state index contributed by atoms with van der Waals surface area (Å²) in [5.74, 6) is -0.0853. The standard InChI is InChI=1S/C23H27N5O4/c1-17-2-4-18(5-3-17)21(16-26-10-12-32-13-11-26)25-23(29)8-9-27-22-14-20(28(30)31)7-6-19(22)15-24-27/h2-7,14-15,21H,8-13,16H2,1H3,(H,25,29)/t21-/m0/s1. The molecule has 0 spiro atoms. The van der Waals surface area contributed by atoms with Crippen LogP contribution in [0.2, 0.25) is 0 Å². The molecule has 1 N–H and O–H groups in total. The molecule has 1 fully saturated rings. The van der Waals surface area contributed by atoms with Crippen LogP contribution >= 0.6 is 0 Å². The van der Waals surface area contributed by atoms with Crippen molar-refractivity contribution in [3.8, 4) is 0 Å². The minimum absolute atomic E-state index is 0.00801. The average Bonchev–Trinajstić information content (AvgIpc) is 3.21. The number of nitrogens with zero attached hydrogens (tertiary/aromatic N) is 4. The zero-order chi connectivity index (χ0) is 22.5. The number of nitro benzene ring substituents is 1. The van der Waals surface area contributed by atoms with Crippen LogP contribution in [0.4, 0.5) is 5.69 Å². The first-order valence-corrected chi connectivity index (χ1v) is 10.8. The Morgan fingerprint density at radius 3 is 2.69 bits per heavy atom. The molecule has 0 radical (unpaired) electrons. The maximum atomic E-state index is 12.8. The molecule has 1 aliphatic heterocycles. The van der Waals surface area contributed by atoms with E-state index >= 15 is 0 Å². The fourth-order valence-corrected chi connectivity index (χ4v) is 3.90. The van der Waals surface area contributed by atoms with Crippen LogP contribution in [0.25, 0.3) is 10.9 Å². The van der Waals surface area contributed by atoms with Crippen LogP contribution < -0.4 is 5.32 Å². The number of hydrogen-bond donors (Lipinski definition) is 1. The van der Waals surface area contributed by atoms with E-state index in [1.165, 1.54) is 17.7 Å². The molecule has 0 saturated carbocycles. The first-order chi connectivity index (χ1) is 15.5. The van der Waals surface area contributed by atoms with Crippen molar-refractivity contribution < 1.29 is 14.5 Å². The highest BCUT2D eigenvalue weighted by Crippen LogP contribution is 2.21. The summed E-state index contributed by atoms with van der Waals surface area (Å²) in [6.45, 7) is 6.19. The third-order valence-corrected chi connectivity index (χ3v) is 5.75. The zero-order valence-corrected chi connectivity index (χ0v) is 18.1. The summed E-state index contributed by atoms with van der Waals surface area (Å²) in [5, 5.41) is 19.4. The van der Waals surface area contributed by atoms with E-state index in [0.717, 1.165) is 30.6 Å². The smallest absolute Gasteiger partial charge is 0.271 e. The number of rotatable bonds is 8. The van der Waals surface area contributed by atoms with Gasteiger partial charge in [0, 0.05) is 43.6 Å². The number of nitro groups is 1. The van der Waals surface area contributed by atoms with Gasteiger partial charge in [0.05, 0.1) is 42.4 Å². The summed E-state index contributed by atoms with van der Waals surface area (Å²) in [4.78, 5) is 25.8. The number of aryl methyl sites for hydroxylation is 2. The van der Waals surface area contributed by atoms with Crippen molar-refractivity contribution in [3.63, 3.8) is 0 Å². The molecule has 32 heavy (non-hydrogen) atoms. The second-order valence-corrected chi connectivity index (χ2v) is 8.06. The molecule has 4 rings (SSSR count). The number of amides is 1. The van der Waals surface area contributed by atoms with Gasteiger partial charge >= 0.3 is 0 Å². The van der Waals surface area contributed by atoms with E-state index in [4.69, 9.17) is 4.74 Å². The summed E-state index contributed by atoms with van der Waals surface area (Å²) in [7, 11) is 0. The van der Waals surface area contributed by atoms with Crippen molar-refractivity contribution in [2.45, 2.75) is 25.9 Å². The molecular formula is C23H27N5O4. The minimum Gasteiger partial charge on any atom is -0.379 e. The lowest BCUT2D eigenvalue weighted by Gasteiger charge is -2.31. The summed E-state index contributed by atoms with van der Waals surface area (Å²) in [6, 6.07) is 12.7. The van der Waals surface area contributed by atoms with Gasteiger partial charge in [-0.2, -0.15) is 5.10 Å². The first-order valence-electron chi connectivity index (χ1n) is 10.8. The number of benzene rings is 2. The van der Waals surface area contributed by atoms with Crippen molar-refractivity contribution in [3.05, 3.63) is 69.9 Å². The molecule has 1 atom stereocenters. The SMILES string of the molecule is Cc1ccc([C@H](CN2CCOCC2)NC(=O)CCn2ncc3ccc([N+](=O)[O-])cc32)cc1. The Morgan fingerprint density at radius 2 is 1.97 bits per heavy atom. The fraction of sp³-hybridized carbons (Fsp3) is 0.391. The molecule has 1 aliphatic rings. The van der Waals surface area contributed by atoms with Gasteiger partial charge in [0.25, 0.3) is 5.69 Å². The number of ether oxygens (including phenoxy) is 1. The predicted molar refractivity (Wildman–Crippen MR) is 120 cm³/mol. The van der Waals surface area contributed by atoms with E-state index < -0.39 is 4.92 Å². The lowest BCUT2D eigenvalue weighted by molar-refractivity contribution is -0.384. The molecule has 1 saturated heterocycles. The third kappa shape index (κ3) is 5.30. The zero-order valence-electron chi connectivity index (χ0n) is 18.1. The van der Waals surface area contributed by atoms with E-state index in [1.807, 2.05) is 6.92 Å². The van der Waals surface area contributed by atoms with Crippen molar-refractivity contribution in [2.24, 2.45) is 0 Å². The van der Waals surface area contributed by atoms with E-state index in [2.05, 4.69) is 39.6 Å². The third-order valence-electron chi connectivity index (χ3n) is 5.75. The molecule has 2 heterocycles. The van der Waals surface area contributed by atoms with Crippen LogP contribution in [0, 0.1) is 17.0 Å². The normalized spacial score (nSPS) is 15.5. The Balaban J connectivity index is 1.43. The predicted octanol–water partition coefficient (Wildman–Crippen LogP) is 2.83. The molecule has 3 aromatic rings. The lowest BCUT2D eigenvalue weighted by Crippen LogP contribution is -2.43. The molecule has 0 unspecified atom stereocenters. The van der Waals surface area contributed by atoms with Crippen LogP contribution in [0.15, 0.2) is 48.7 Å². The van der Waals surface area contributed by atoms with Crippen LogP contribution in [0.1, 0.15) is 23.6 Å². The number of carbonyl (C=O) groups excluding carboxylic acids is 1. The topological polar surface area (TPSA) is 103 Å². The van der Waals surface area contributed by atoms with Gasteiger partial charge < -0.3 is 10.1 Å². The highest BCUT2D eigenvalue weighted by molar-refractivity contribution is 5.81. The lowest BCUT2D eigenvalue weighted by atomic mass is 10.0. The van der Waals surface area contributed by atoms with Gasteiger partial charge in [-0.15, -0.1) is 0 Å². The Labute approximate surface area is 186 Å². The molecular weight excluding hydrogens is 410 g/mol. The Bertz CT molecular complexity index is 1090. The summed E-state index contributed by atoms with van der Waals surface area (Å²) in [6.07, 6.45) is 1.88. The van der Waals surface area contributed by atoms with E-state index in [0.29, 0.717) is 25.3 Å². The van der Waals surface area contributed by atoms with Gasteiger partial charge in [-0.25, -0.2) is 0 Å². The van der Waals surface area contributed by atoms with Crippen LogP contribution in [-0.2, 0) is 16.1 Å². The summed E-state index contributed by atoms with van der Waals surface area (Å²) >= 11 is 0. The minimum atomic E-state index is -0.429. The molecule has 0 aliphatic carbocycles. The molecule has 168 valence electrons. The van der Waals surface area contributed by atoms with E-state index in [-0.39, 0.29) is 24.1 Å². The van der Waals surface area contributed by atoms with E-state index in [1.54, 1.807) is 16.9 Å². The number of carbonyl (C=O) groups is 1. The van der Waals surface area contributed by atoms with Crippen molar-refractivity contribution >= 4 is 22.5 Å². The number of hydrogen-bond acceptors (Lipinski definition) is 6. The van der Waals surface area contributed by atoms with Crippen molar-refractivity contribution in [1.29, 1.82) is 0 Å². The summed E-state index contributed by atoms with van der Waals surface area (Å²) < 4.78 is 7.08. The number of fused-ring (bicyclic) bond motifs is 1. The van der Waals surface area contributed by atoms with Gasteiger partial charge in [0.1, 0.15) is 0 Å². The van der Waals surface area contributed by atoms with Crippen LogP contribution in [0.3, 0.4) is 0 Å². The van der Waals surface area contributed by atoms with Gasteiger partial charge in [-0.1, -0.05) is 29.8 Å². The highest BCUT2D eigenvalue weighted by Gasteiger charge is 2.20. The van der Waals surface area contributed by atoms with Gasteiger partial charge in [-0.05, 0) is 18.6 Å². The Kier molecular flexibility index (Phi) is 6.77. The second kappa shape index (κ2) is 9.88. The van der Waals surface area contributed by atoms with Gasteiger partial charge in [-0.3, -0.25) is 24.5 Å². The molecule has 2 aromatic carbocycles. The van der Waals surface area contributed by atoms with Gasteiger partial charge in [0.15, 0.2) is 0 Å². The maximum absolute atomic E-state index is 12.8. The summed E-state index contributed by atoms with van der Waals surface area (Å²) in [5.41, 5.74) is 2.89. The second-order valence-electron chi connectivity index (χ2n) is 8.06. The van der Waals surface area contributed by atoms with Crippen molar-refractivity contribution in [1.82, 2.24) is 20.0 Å². The average molecular weight is 438 g/mol. The van der Waals surface area contributed by atoms with Crippen LogP contribution in [-0.4, -0.2) is 58.4 Å².